The van der Waals surface area contributed by atoms with Gasteiger partial charge in [0.15, 0.2) is 6.10 Å². The maximum atomic E-state index is 12.8. The summed E-state index contributed by atoms with van der Waals surface area (Å²) in [5.41, 5.74) is -0.829. The molecule has 1 aromatic carbocycles. The lowest BCUT2D eigenvalue weighted by Crippen LogP contribution is -2.67. The Morgan fingerprint density at radius 2 is 1.86 bits per heavy atom. The van der Waals surface area contributed by atoms with Crippen molar-refractivity contribution in [3.8, 4) is 11.5 Å². The highest BCUT2D eigenvalue weighted by Gasteiger charge is 2.64. The van der Waals surface area contributed by atoms with Gasteiger partial charge in [-0.05, 0) is 43.4 Å². The van der Waals surface area contributed by atoms with Crippen molar-refractivity contribution in [2.75, 3.05) is 0 Å². The van der Waals surface area contributed by atoms with Gasteiger partial charge in [0.05, 0.1) is 12.2 Å². The average Bonchev–Trinajstić information content (AvgIpc) is 2.75. The molecule has 8 heteroatoms. The second-order valence-electron chi connectivity index (χ2n) is 11.6. The first-order valence-electron chi connectivity index (χ1n) is 12.2. The predicted molar refractivity (Wildman–Crippen MR) is 125 cm³/mol. The molecule has 3 N–H and O–H groups in total. The van der Waals surface area contributed by atoms with Crippen LogP contribution in [-0.2, 0) is 20.7 Å². The maximum Gasteiger partial charge on any atom is 0.342 e. The van der Waals surface area contributed by atoms with Gasteiger partial charge in [0.1, 0.15) is 28.8 Å². The highest BCUT2D eigenvalue weighted by molar-refractivity contribution is 5.96. The van der Waals surface area contributed by atoms with E-state index in [0.717, 1.165) is 0 Å². The van der Waals surface area contributed by atoms with Gasteiger partial charge in [0.25, 0.3) is 0 Å². The quantitative estimate of drug-likeness (QED) is 0.409. The van der Waals surface area contributed by atoms with Gasteiger partial charge in [0.2, 0.25) is 0 Å². The minimum atomic E-state index is -0.973. The minimum absolute atomic E-state index is 0.0201. The number of aliphatic hydroxyl groups excluding tert-OH is 2. The molecule has 0 aromatic heterocycles. The summed E-state index contributed by atoms with van der Waals surface area (Å²) in [5.74, 6) is -1.42. The molecule has 2 aliphatic heterocycles. The molecule has 0 saturated heterocycles. The number of cyclic esters (lactones) is 1. The zero-order chi connectivity index (χ0) is 25.7. The molecule has 8 nitrogen and oxygen atoms in total. The lowest BCUT2D eigenvalue weighted by Gasteiger charge is -2.63. The number of phenols is 1. The fraction of sp³-hybridized carbons (Fsp3) is 0.630. The number of esters is 2. The van der Waals surface area contributed by atoms with Crippen molar-refractivity contribution < 1.29 is 39.1 Å². The Bertz CT molecular complexity index is 1140. The molecule has 0 unspecified atom stereocenters. The fourth-order valence-corrected chi connectivity index (χ4v) is 7.29. The normalized spacial score (nSPS) is 40.9. The number of carbonyl (C=O) groups is 2. The predicted octanol–water partition coefficient (Wildman–Crippen LogP) is 3.21. The molecule has 0 radical (unpaired) electrons. The van der Waals surface area contributed by atoms with E-state index in [-0.39, 0.29) is 23.1 Å². The van der Waals surface area contributed by atoms with Crippen LogP contribution in [0.4, 0.5) is 0 Å². The van der Waals surface area contributed by atoms with Gasteiger partial charge < -0.3 is 29.5 Å². The number of allylic oxidation sites excluding steroid dienone is 1. The van der Waals surface area contributed by atoms with E-state index in [1.165, 1.54) is 13.0 Å². The topological polar surface area (TPSA) is 123 Å². The summed E-state index contributed by atoms with van der Waals surface area (Å²) in [6.45, 7) is 11.0. The van der Waals surface area contributed by atoms with E-state index in [9.17, 15) is 24.9 Å². The first kappa shape index (κ1) is 24.1. The maximum absolute atomic E-state index is 12.8. The van der Waals surface area contributed by atoms with Crippen LogP contribution in [0.5, 0.6) is 11.5 Å². The number of benzene rings is 1. The average molecular weight is 487 g/mol. The van der Waals surface area contributed by atoms with Crippen LogP contribution >= 0.6 is 0 Å². The summed E-state index contributed by atoms with van der Waals surface area (Å²) in [6, 6.07) is 1.39. The highest BCUT2D eigenvalue weighted by Crippen LogP contribution is 2.63. The largest absolute Gasteiger partial charge is 0.507 e. The zero-order valence-corrected chi connectivity index (χ0v) is 21.0. The van der Waals surface area contributed by atoms with Gasteiger partial charge in [-0.15, -0.1) is 0 Å². The smallest absolute Gasteiger partial charge is 0.342 e. The first-order valence-corrected chi connectivity index (χ1v) is 12.2. The number of hydrogen-bond donors (Lipinski definition) is 3. The summed E-state index contributed by atoms with van der Waals surface area (Å²) >= 11 is 0. The number of carbonyl (C=O) groups excluding carboxylic acids is 2. The van der Waals surface area contributed by atoms with Crippen molar-refractivity contribution in [2.24, 2.45) is 22.7 Å². The summed E-state index contributed by atoms with van der Waals surface area (Å²) in [6.07, 6.45) is 1.65. The Balaban J connectivity index is 1.71. The van der Waals surface area contributed by atoms with Crippen molar-refractivity contribution in [1.29, 1.82) is 0 Å². The van der Waals surface area contributed by atoms with Crippen molar-refractivity contribution in [1.82, 2.24) is 0 Å². The van der Waals surface area contributed by atoms with Crippen LogP contribution in [0.2, 0.25) is 0 Å². The van der Waals surface area contributed by atoms with E-state index < -0.39 is 52.8 Å². The van der Waals surface area contributed by atoms with Gasteiger partial charge in [-0.3, -0.25) is 4.79 Å². The second-order valence-corrected chi connectivity index (χ2v) is 11.6. The van der Waals surface area contributed by atoms with E-state index in [0.29, 0.717) is 29.7 Å². The molecule has 2 heterocycles. The monoisotopic (exact) mass is 486 g/mol. The Morgan fingerprint density at radius 1 is 1.17 bits per heavy atom. The Morgan fingerprint density at radius 3 is 2.51 bits per heavy atom. The van der Waals surface area contributed by atoms with Gasteiger partial charge >= 0.3 is 11.9 Å². The van der Waals surface area contributed by atoms with Crippen molar-refractivity contribution in [3.05, 3.63) is 34.9 Å². The van der Waals surface area contributed by atoms with Gasteiger partial charge in [0, 0.05) is 30.0 Å². The van der Waals surface area contributed by atoms with Crippen LogP contribution in [0, 0.1) is 22.7 Å². The molecule has 5 rings (SSSR count). The summed E-state index contributed by atoms with van der Waals surface area (Å²) in [5, 5.41) is 32.9. The first-order chi connectivity index (χ1) is 16.2. The highest BCUT2D eigenvalue weighted by atomic mass is 16.6. The number of fused-ring (bicyclic) bond motifs is 6. The third-order valence-corrected chi connectivity index (χ3v) is 9.27. The van der Waals surface area contributed by atoms with Crippen molar-refractivity contribution in [3.63, 3.8) is 0 Å². The van der Waals surface area contributed by atoms with E-state index in [2.05, 4.69) is 6.92 Å². The Labute approximate surface area is 204 Å². The van der Waals surface area contributed by atoms with Crippen LogP contribution in [0.25, 0.3) is 0 Å². The molecule has 1 fully saturated rings. The lowest BCUT2D eigenvalue weighted by atomic mass is 9.45. The van der Waals surface area contributed by atoms with Crippen LogP contribution in [0.1, 0.15) is 75.6 Å². The van der Waals surface area contributed by atoms with Crippen LogP contribution < -0.4 is 4.74 Å². The zero-order valence-electron chi connectivity index (χ0n) is 21.0. The number of hydrogen-bond acceptors (Lipinski definition) is 8. The molecule has 1 aromatic rings. The molecule has 2 aliphatic carbocycles. The van der Waals surface area contributed by atoms with Crippen LogP contribution in [0.15, 0.2) is 18.2 Å². The van der Waals surface area contributed by atoms with E-state index >= 15 is 0 Å². The number of rotatable bonds is 1. The fourth-order valence-electron chi connectivity index (χ4n) is 7.29. The summed E-state index contributed by atoms with van der Waals surface area (Å²) < 4.78 is 17.5. The van der Waals surface area contributed by atoms with E-state index in [1.54, 1.807) is 6.92 Å². The molecule has 35 heavy (non-hydrogen) atoms. The van der Waals surface area contributed by atoms with Crippen LogP contribution in [-0.4, -0.2) is 51.2 Å². The molecule has 0 bridgehead atoms. The number of aliphatic hydroxyl groups is 2. The third-order valence-electron chi connectivity index (χ3n) is 9.27. The molecule has 190 valence electrons. The number of ether oxygens (including phenoxy) is 3. The van der Waals surface area contributed by atoms with Crippen molar-refractivity contribution in [2.45, 2.75) is 84.4 Å². The summed E-state index contributed by atoms with van der Waals surface area (Å²) in [7, 11) is 0. The second kappa shape index (κ2) is 7.46. The summed E-state index contributed by atoms with van der Waals surface area (Å²) in [4.78, 5) is 24.7. The Kier molecular flexibility index (Phi) is 5.14. The SMILES string of the molecule is CC(=O)O[C@@H]1c2c3c(cc(O)c2C(=O)O[C@@H]1C)O[C@@]1(C)[C@@H](O)C[C@H]2C(C)(C)[C@@H](O)C=C[C@]2(C)[C@@H]1C3. The van der Waals surface area contributed by atoms with Gasteiger partial charge in [-0.25, -0.2) is 4.79 Å². The van der Waals surface area contributed by atoms with E-state index in [4.69, 9.17) is 14.2 Å². The van der Waals surface area contributed by atoms with Crippen LogP contribution in [0.3, 0.4) is 0 Å². The van der Waals surface area contributed by atoms with Gasteiger partial charge in [-0.1, -0.05) is 32.9 Å². The van der Waals surface area contributed by atoms with Crippen molar-refractivity contribution >= 4 is 11.9 Å². The minimum Gasteiger partial charge on any atom is -0.507 e. The van der Waals surface area contributed by atoms with E-state index in [1.807, 2.05) is 32.9 Å². The molecule has 0 spiro atoms. The molecule has 1 saturated carbocycles. The molecule has 8 atom stereocenters. The lowest BCUT2D eigenvalue weighted by molar-refractivity contribution is -0.199. The molecular formula is C27H34O8. The molecule has 0 amide bonds. The number of phenolic OH excluding ortho intramolecular Hbond substituents is 1. The van der Waals surface area contributed by atoms with Gasteiger partial charge in [-0.2, -0.15) is 0 Å². The number of aromatic hydroxyl groups is 1. The third kappa shape index (κ3) is 3.18. The molecular weight excluding hydrogens is 452 g/mol. The molecule has 4 aliphatic rings. The Hall–Kier alpha value is -2.58. The standard InChI is InChI=1S/C27H34O8/c1-12-23(34-13(2)28)21-14-9-18-26(5)8-7-19(30)25(3,4)17(26)11-20(31)27(18,6)35-16(14)10-15(29)22(21)24(32)33-12/h7-8,10,12,17-20,23,29-31H,9,11H2,1-6H3/t12-,17+,18+,19+,20+,23+,26+,27-/m1/s1.